The van der Waals surface area contributed by atoms with Crippen LogP contribution in [0.2, 0.25) is 0 Å². The molecular weight excluding hydrogens is 312 g/mol. The molecule has 21 heavy (non-hydrogen) atoms. The Bertz CT molecular complexity index is 733. The van der Waals surface area contributed by atoms with Crippen LogP contribution in [0.25, 0.3) is 0 Å². The molecule has 3 heterocycles. The first kappa shape index (κ1) is 14.3. The van der Waals surface area contributed by atoms with Crippen molar-refractivity contribution in [2.24, 2.45) is 0 Å². The van der Waals surface area contributed by atoms with E-state index in [0.29, 0.717) is 17.0 Å². The first-order chi connectivity index (χ1) is 9.94. The van der Waals surface area contributed by atoms with Gasteiger partial charge < -0.3 is 10.6 Å². The van der Waals surface area contributed by atoms with Crippen LogP contribution in [0.1, 0.15) is 31.3 Å². The summed E-state index contributed by atoms with van der Waals surface area (Å²) >= 11 is 1.30. The summed E-state index contributed by atoms with van der Waals surface area (Å²) in [7, 11) is -3.20. The summed E-state index contributed by atoms with van der Waals surface area (Å²) in [6.07, 6.45) is 3.09. The van der Waals surface area contributed by atoms with Crippen molar-refractivity contribution in [2.45, 2.75) is 18.9 Å². The van der Waals surface area contributed by atoms with Crippen molar-refractivity contribution in [3.8, 4) is 0 Å². The highest BCUT2D eigenvalue weighted by Gasteiger charge is 2.26. The molecule has 2 N–H and O–H groups in total. The summed E-state index contributed by atoms with van der Waals surface area (Å²) in [6.45, 7) is 0.645. The Kier molecular flexibility index (Phi) is 3.58. The highest BCUT2D eigenvalue weighted by Crippen LogP contribution is 2.25. The van der Waals surface area contributed by atoms with Crippen LogP contribution in [0, 0.1) is 0 Å². The van der Waals surface area contributed by atoms with E-state index in [-0.39, 0.29) is 17.6 Å². The largest absolute Gasteiger partial charge is 0.352 e. The molecule has 0 radical (unpaired) electrons. The van der Waals surface area contributed by atoms with Gasteiger partial charge in [-0.25, -0.2) is 8.42 Å². The third kappa shape index (κ3) is 3.01. The van der Waals surface area contributed by atoms with E-state index in [4.69, 9.17) is 0 Å². The highest BCUT2D eigenvalue weighted by molar-refractivity contribution is 7.94. The number of sulfone groups is 1. The molecule has 0 aromatic carbocycles. The average Bonchev–Trinajstić information content (AvgIpc) is 2.94. The molecule has 1 unspecified atom stereocenters. The van der Waals surface area contributed by atoms with E-state index in [0.717, 1.165) is 23.1 Å². The molecule has 1 aromatic rings. The van der Waals surface area contributed by atoms with Gasteiger partial charge in [-0.2, -0.15) is 0 Å². The maximum atomic E-state index is 12.2. The van der Waals surface area contributed by atoms with E-state index in [1.807, 2.05) is 0 Å². The molecule has 2 aliphatic heterocycles. The topological polar surface area (TPSA) is 92.3 Å². The summed E-state index contributed by atoms with van der Waals surface area (Å²) in [5.41, 5.74) is 0.553. The van der Waals surface area contributed by atoms with E-state index in [1.165, 1.54) is 17.4 Å². The molecule has 0 spiro atoms. The standard InChI is InChI=1S/C13H14N2O4S2/c16-12-9-6-11(20-10(9)2-1-4-14-12)13(17)15-8-3-5-21(18,19)7-8/h3,5-6,8H,1-2,4,7H2,(H,14,16)(H,15,17). The van der Waals surface area contributed by atoms with Crippen LogP contribution in [0.5, 0.6) is 0 Å². The molecule has 2 aliphatic rings. The Morgan fingerprint density at radius 3 is 2.95 bits per heavy atom. The second kappa shape index (κ2) is 5.27. The minimum absolute atomic E-state index is 0.107. The van der Waals surface area contributed by atoms with Gasteiger partial charge in [0.05, 0.1) is 22.2 Å². The number of rotatable bonds is 2. The third-order valence-electron chi connectivity index (χ3n) is 3.39. The van der Waals surface area contributed by atoms with Gasteiger partial charge in [-0.05, 0) is 25.0 Å². The Morgan fingerprint density at radius 2 is 2.24 bits per heavy atom. The molecule has 0 fully saturated rings. The molecule has 112 valence electrons. The molecule has 0 saturated heterocycles. The van der Waals surface area contributed by atoms with Crippen molar-refractivity contribution in [1.82, 2.24) is 10.6 Å². The van der Waals surface area contributed by atoms with Gasteiger partial charge in [-0.1, -0.05) is 0 Å². The van der Waals surface area contributed by atoms with Gasteiger partial charge in [0.1, 0.15) is 0 Å². The Balaban J connectivity index is 1.76. The van der Waals surface area contributed by atoms with Gasteiger partial charge >= 0.3 is 0 Å². The van der Waals surface area contributed by atoms with Gasteiger partial charge in [0, 0.05) is 16.8 Å². The fourth-order valence-electron chi connectivity index (χ4n) is 2.37. The summed E-state index contributed by atoms with van der Waals surface area (Å²) in [5.74, 6) is -0.599. The smallest absolute Gasteiger partial charge is 0.261 e. The molecule has 2 amide bonds. The molecular formula is C13H14N2O4S2. The average molecular weight is 326 g/mol. The quantitative estimate of drug-likeness (QED) is 0.826. The van der Waals surface area contributed by atoms with E-state index in [1.54, 1.807) is 6.07 Å². The second-order valence-electron chi connectivity index (χ2n) is 5.04. The normalized spacial score (nSPS) is 23.2. The highest BCUT2D eigenvalue weighted by atomic mass is 32.2. The molecule has 0 bridgehead atoms. The number of carbonyl (C=O) groups excluding carboxylic acids is 2. The first-order valence-corrected chi connectivity index (χ1v) is 9.10. The SMILES string of the molecule is O=C(NC1C=CS(=O)(=O)C1)c1cc2c(s1)CCCNC2=O. The van der Waals surface area contributed by atoms with Crippen molar-refractivity contribution >= 4 is 33.0 Å². The fourth-order valence-corrected chi connectivity index (χ4v) is 4.71. The Hall–Kier alpha value is -1.67. The monoisotopic (exact) mass is 326 g/mol. The Morgan fingerprint density at radius 1 is 1.43 bits per heavy atom. The molecule has 0 saturated carbocycles. The predicted octanol–water partition coefficient (Wildman–Crippen LogP) is 0.465. The number of nitrogens with one attached hydrogen (secondary N) is 2. The fraction of sp³-hybridized carbons (Fsp3) is 0.385. The van der Waals surface area contributed by atoms with Crippen molar-refractivity contribution in [3.63, 3.8) is 0 Å². The van der Waals surface area contributed by atoms with Gasteiger partial charge in [0.25, 0.3) is 11.8 Å². The van der Waals surface area contributed by atoms with Crippen LogP contribution in [-0.4, -0.2) is 38.6 Å². The van der Waals surface area contributed by atoms with Crippen molar-refractivity contribution in [2.75, 3.05) is 12.3 Å². The summed E-state index contributed by atoms with van der Waals surface area (Å²) < 4.78 is 22.6. The van der Waals surface area contributed by atoms with Crippen LogP contribution >= 0.6 is 11.3 Å². The van der Waals surface area contributed by atoms with E-state index < -0.39 is 15.9 Å². The molecule has 6 nitrogen and oxygen atoms in total. The van der Waals surface area contributed by atoms with Gasteiger partial charge in [0.2, 0.25) is 0 Å². The number of fused-ring (bicyclic) bond motifs is 1. The predicted molar refractivity (Wildman–Crippen MR) is 79.2 cm³/mol. The second-order valence-corrected chi connectivity index (χ2v) is 8.11. The maximum absolute atomic E-state index is 12.2. The van der Waals surface area contributed by atoms with Gasteiger partial charge in [0.15, 0.2) is 9.84 Å². The molecule has 0 aliphatic carbocycles. The zero-order chi connectivity index (χ0) is 15.0. The summed E-state index contributed by atoms with van der Waals surface area (Å²) in [4.78, 5) is 25.4. The minimum atomic E-state index is -3.20. The van der Waals surface area contributed by atoms with E-state index >= 15 is 0 Å². The lowest BCUT2D eigenvalue weighted by atomic mass is 10.2. The Labute approximate surface area is 126 Å². The third-order valence-corrected chi connectivity index (χ3v) is 5.98. The number of amides is 2. The van der Waals surface area contributed by atoms with Crippen molar-refractivity contribution in [3.05, 3.63) is 32.9 Å². The zero-order valence-electron chi connectivity index (χ0n) is 11.1. The lowest BCUT2D eigenvalue weighted by Gasteiger charge is -2.08. The lowest BCUT2D eigenvalue weighted by molar-refractivity contribution is 0.0950. The minimum Gasteiger partial charge on any atom is -0.352 e. The number of aryl methyl sites for hydroxylation is 1. The number of carbonyl (C=O) groups is 2. The molecule has 3 rings (SSSR count). The summed E-state index contributed by atoms with van der Waals surface area (Å²) in [6, 6.07) is 1.08. The lowest BCUT2D eigenvalue weighted by Crippen LogP contribution is -2.35. The van der Waals surface area contributed by atoms with Crippen LogP contribution in [0.3, 0.4) is 0 Å². The van der Waals surface area contributed by atoms with Crippen LogP contribution < -0.4 is 10.6 Å². The van der Waals surface area contributed by atoms with Crippen LogP contribution in [-0.2, 0) is 16.3 Å². The maximum Gasteiger partial charge on any atom is 0.261 e. The first-order valence-electron chi connectivity index (χ1n) is 6.57. The zero-order valence-corrected chi connectivity index (χ0v) is 12.7. The molecule has 1 aromatic heterocycles. The van der Waals surface area contributed by atoms with Crippen LogP contribution in [0.4, 0.5) is 0 Å². The van der Waals surface area contributed by atoms with E-state index in [9.17, 15) is 18.0 Å². The van der Waals surface area contributed by atoms with Gasteiger partial charge in [-0.15, -0.1) is 11.3 Å². The molecule has 1 atom stereocenters. The van der Waals surface area contributed by atoms with E-state index in [2.05, 4.69) is 10.6 Å². The van der Waals surface area contributed by atoms with Crippen molar-refractivity contribution in [1.29, 1.82) is 0 Å². The van der Waals surface area contributed by atoms with Gasteiger partial charge in [-0.3, -0.25) is 9.59 Å². The van der Waals surface area contributed by atoms with Crippen LogP contribution in [0.15, 0.2) is 17.6 Å². The summed E-state index contributed by atoms with van der Waals surface area (Å²) in [5, 5.41) is 6.57. The molecule has 8 heteroatoms. The number of hydrogen-bond acceptors (Lipinski definition) is 5. The number of thiophene rings is 1. The van der Waals surface area contributed by atoms with Crippen molar-refractivity contribution < 1.29 is 18.0 Å². The number of hydrogen-bond donors (Lipinski definition) is 2.